The zero-order valence-electron chi connectivity index (χ0n) is 19.1. The van der Waals surface area contributed by atoms with Gasteiger partial charge in [-0.3, -0.25) is 4.79 Å². The molecule has 2 saturated heterocycles. The predicted molar refractivity (Wildman–Crippen MR) is 133 cm³/mol. The lowest BCUT2D eigenvalue weighted by Crippen LogP contribution is -2.46. The smallest absolute Gasteiger partial charge is 0.243 e. The fraction of sp³-hybridized carbons (Fsp3) is 0.458. The molecule has 0 bridgehead atoms. The Morgan fingerprint density at radius 3 is 2.39 bits per heavy atom. The van der Waals surface area contributed by atoms with Crippen molar-refractivity contribution in [3.8, 4) is 0 Å². The molecule has 178 valence electrons. The van der Waals surface area contributed by atoms with E-state index >= 15 is 0 Å². The fourth-order valence-electron chi connectivity index (χ4n) is 4.65. The number of hydrogen-bond acceptors (Lipinski definition) is 5. The molecule has 4 rings (SSSR count). The minimum Gasteiger partial charge on any atom is -0.369 e. The van der Waals surface area contributed by atoms with E-state index in [0.29, 0.717) is 30.1 Å². The van der Waals surface area contributed by atoms with Crippen LogP contribution in [0.2, 0.25) is 5.02 Å². The number of aryl methyl sites for hydroxylation is 1. The third kappa shape index (κ3) is 5.19. The third-order valence-corrected chi connectivity index (χ3v) is 8.73. The van der Waals surface area contributed by atoms with Crippen LogP contribution in [0.3, 0.4) is 0 Å². The summed E-state index contributed by atoms with van der Waals surface area (Å²) in [6, 6.07) is 11.2. The van der Waals surface area contributed by atoms with E-state index in [4.69, 9.17) is 11.6 Å². The van der Waals surface area contributed by atoms with Crippen molar-refractivity contribution in [1.82, 2.24) is 9.21 Å². The molecule has 2 aliphatic rings. The summed E-state index contributed by atoms with van der Waals surface area (Å²) < 4.78 is 27.6. The number of amides is 1. The average Bonchev–Trinajstić information content (AvgIpc) is 3.31. The van der Waals surface area contributed by atoms with Crippen molar-refractivity contribution in [2.24, 2.45) is 0 Å². The van der Waals surface area contributed by atoms with Crippen molar-refractivity contribution in [2.45, 2.75) is 37.6 Å². The molecule has 1 N–H and O–H groups in total. The zero-order chi connectivity index (χ0) is 23.6. The number of nitrogens with zero attached hydrogens (tertiary/aromatic N) is 3. The van der Waals surface area contributed by atoms with E-state index in [1.54, 1.807) is 12.1 Å². The summed E-state index contributed by atoms with van der Waals surface area (Å²) in [5.41, 5.74) is 2.95. The number of anilines is 2. The molecule has 9 heteroatoms. The van der Waals surface area contributed by atoms with Crippen LogP contribution in [-0.4, -0.2) is 68.8 Å². The molecule has 33 heavy (non-hydrogen) atoms. The van der Waals surface area contributed by atoms with Gasteiger partial charge in [0.2, 0.25) is 15.9 Å². The molecule has 2 aromatic rings. The monoisotopic (exact) mass is 490 g/mol. The van der Waals surface area contributed by atoms with Gasteiger partial charge in [-0.25, -0.2) is 8.42 Å². The standard InChI is InChI=1S/C24H31ClN4O3S/c1-3-27-13-15-28(16-14-27)22-11-8-20(17-18(22)2)26-24(30)23-5-4-12-29(23)33(31,32)21-9-6-19(25)7-10-21/h6-11,17,23H,3-5,12-16H2,1-2H3,(H,26,30)/t23-/m1/s1. The van der Waals surface area contributed by atoms with Crippen LogP contribution in [0, 0.1) is 6.92 Å². The van der Waals surface area contributed by atoms with Crippen molar-refractivity contribution in [2.75, 3.05) is 49.5 Å². The number of nitrogens with one attached hydrogen (secondary N) is 1. The fourth-order valence-corrected chi connectivity index (χ4v) is 6.43. The van der Waals surface area contributed by atoms with Crippen LogP contribution >= 0.6 is 11.6 Å². The highest BCUT2D eigenvalue weighted by molar-refractivity contribution is 7.89. The Hall–Kier alpha value is -2.13. The van der Waals surface area contributed by atoms with Gasteiger partial charge in [0, 0.05) is 49.1 Å². The average molecular weight is 491 g/mol. The predicted octanol–water partition coefficient (Wildman–Crippen LogP) is 3.58. The number of sulfonamides is 1. The Labute approximate surface area is 201 Å². The van der Waals surface area contributed by atoms with E-state index in [2.05, 4.69) is 22.0 Å². The summed E-state index contributed by atoms with van der Waals surface area (Å²) in [7, 11) is -3.77. The Morgan fingerprint density at radius 2 is 1.76 bits per heavy atom. The zero-order valence-corrected chi connectivity index (χ0v) is 20.7. The number of halogens is 1. The Kier molecular flexibility index (Phi) is 7.28. The van der Waals surface area contributed by atoms with Crippen molar-refractivity contribution in [3.05, 3.63) is 53.1 Å². The van der Waals surface area contributed by atoms with Gasteiger partial charge >= 0.3 is 0 Å². The molecule has 0 unspecified atom stereocenters. The van der Waals surface area contributed by atoms with Gasteiger partial charge in [-0.05, 0) is 74.3 Å². The van der Waals surface area contributed by atoms with E-state index < -0.39 is 16.1 Å². The van der Waals surface area contributed by atoms with Crippen LogP contribution in [0.25, 0.3) is 0 Å². The van der Waals surface area contributed by atoms with Crippen molar-refractivity contribution < 1.29 is 13.2 Å². The molecule has 2 aromatic carbocycles. The molecule has 7 nitrogen and oxygen atoms in total. The minimum absolute atomic E-state index is 0.148. The van der Waals surface area contributed by atoms with Crippen LogP contribution in [0.5, 0.6) is 0 Å². The topological polar surface area (TPSA) is 73.0 Å². The first-order valence-corrected chi connectivity index (χ1v) is 13.3. The second-order valence-electron chi connectivity index (χ2n) is 8.64. The molecule has 1 atom stereocenters. The van der Waals surface area contributed by atoms with Gasteiger partial charge in [-0.15, -0.1) is 0 Å². The molecular formula is C24H31ClN4O3S. The molecule has 2 heterocycles. The molecule has 0 aromatic heterocycles. The number of carbonyl (C=O) groups excluding carboxylic acids is 1. The second-order valence-corrected chi connectivity index (χ2v) is 11.0. The summed E-state index contributed by atoms with van der Waals surface area (Å²) in [6.07, 6.45) is 1.14. The Balaban J connectivity index is 1.45. The number of likely N-dealkylation sites (N-methyl/N-ethyl adjacent to an activating group) is 1. The van der Waals surface area contributed by atoms with Crippen LogP contribution in [0.4, 0.5) is 11.4 Å². The molecule has 1 amide bonds. The highest BCUT2D eigenvalue weighted by Gasteiger charge is 2.39. The van der Waals surface area contributed by atoms with E-state index in [9.17, 15) is 13.2 Å². The molecule has 0 aliphatic carbocycles. The van der Waals surface area contributed by atoms with Gasteiger partial charge in [0.1, 0.15) is 6.04 Å². The van der Waals surface area contributed by atoms with Crippen LogP contribution in [0.1, 0.15) is 25.3 Å². The molecule has 0 radical (unpaired) electrons. The second kappa shape index (κ2) is 10.0. The van der Waals surface area contributed by atoms with Crippen molar-refractivity contribution in [1.29, 1.82) is 0 Å². The lowest BCUT2D eigenvalue weighted by molar-refractivity contribution is -0.119. The largest absolute Gasteiger partial charge is 0.369 e. The number of hydrogen-bond donors (Lipinski definition) is 1. The number of carbonyl (C=O) groups is 1. The number of benzene rings is 2. The van der Waals surface area contributed by atoms with Gasteiger partial charge in [-0.1, -0.05) is 18.5 Å². The van der Waals surface area contributed by atoms with Crippen LogP contribution in [-0.2, 0) is 14.8 Å². The van der Waals surface area contributed by atoms with Crippen molar-refractivity contribution in [3.63, 3.8) is 0 Å². The van der Waals surface area contributed by atoms with Gasteiger partial charge in [0.05, 0.1) is 4.90 Å². The van der Waals surface area contributed by atoms with Crippen molar-refractivity contribution >= 4 is 38.9 Å². The number of rotatable bonds is 6. The van der Waals surface area contributed by atoms with Gasteiger partial charge in [0.25, 0.3) is 0 Å². The van der Waals surface area contributed by atoms with E-state index in [0.717, 1.165) is 38.3 Å². The molecular weight excluding hydrogens is 460 g/mol. The SMILES string of the molecule is CCN1CCN(c2ccc(NC(=O)[C@H]3CCCN3S(=O)(=O)c3ccc(Cl)cc3)cc2C)CC1. The summed E-state index contributed by atoms with van der Waals surface area (Å²) in [5, 5.41) is 3.41. The molecule has 2 fully saturated rings. The van der Waals surface area contributed by atoms with Gasteiger partial charge < -0.3 is 15.1 Å². The summed E-state index contributed by atoms with van der Waals surface area (Å²) in [5.74, 6) is -0.297. The summed E-state index contributed by atoms with van der Waals surface area (Å²) >= 11 is 5.90. The summed E-state index contributed by atoms with van der Waals surface area (Å²) in [6.45, 7) is 9.70. The maximum atomic E-state index is 13.1. The molecule has 2 aliphatic heterocycles. The normalized spacial score (nSPS) is 20.2. The molecule has 0 saturated carbocycles. The highest BCUT2D eigenvalue weighted by Crippen LogP contribution is 2.29. The maximum absolute atomic E-state index is 13.1. The Morgan fingerprint density at radius 1 is 1.06 bits per heavy atom. The van der Waals surface area contributed by atoms with Crippen LogP contribution < -0.4 is 10.2 Å². The first-order valence-electron chi connectivity index (χ1n) is 11.5. The van der Waals surface area contributed by atoms with E-state index in [1.165, 1.54) is 22.1 Å². The molecule has 0 spiro atoms. The Bertz CT molecular complexity index is 1100. The minimum atomic E-state index is -3.77. The highest BCUT2D eigenvalue weighted by atomic mass is 35.5. The van der Waals surface area contributed by atoms with E-state index in [-0.39, 0.29) is 10.8 Å². The number of piperazine rings is 1. The first kappa shape index (κ1) is 24.0. The quantitative estimate of drug-likeness (QED) is 0.670. The van der Waals surface area contributed by atoms with E-state index in [1.807, 2.05) is 25.1 Å². The lowest BCUT2D eigenvalue weighted by atomic mass is 10.1. The third-order valence-electron chi connectivity index (χ3n) is 6.55. The first-order chi connectivity index (χ1) is 15.8. The van der Waals surface area contributed by atoms with Gasteiger partial charge in [-0.2, -0.15) is 4.31 Å². The lowest BCUT2D eigenvalue weighted by Gasteiger charge is -2.36. The van der Waals surface area contributed by atoms with Gasteiger partial charge in [0.15, 0.2) is 0 Å². The maximum Gasteiger partial charge on any atom is 0.243 e. The summed E-state index contributed by atoms with van der Waals surface area (Å²) in [4.78, 5) is 18.0. The van der Waals surface area contributed by atoms with Crippen LogP contribution in [0.15, 0.2) is 47.4 Å².